The standard InChI is InChI=1S/C15H19N3/c1-9-8-11(14(16)17)10-6-5-7-12(13(10)18-9)15(2,3)4/h5-8H,1-4H3,(H3,16,17). The molecule has 0 unspecified atom stereocenters. The molecule has 0 fully saturated rings. The van der Waals surface area contributed by atoms with Crippen molar-refractivity contribution in [3.05, 3.63) is 41.1 Å². The molecule has 3 nitrogen and oxygen atoms in total. The molecule has 0 aliphatic heterocycles. The molecule has 0 atom stereocenters. The van der Waals surface area contributed by atoms with Gasteiger partial charge in [0.05, 0.1) is 5.52 Å². The molecule has 0 saturated carbocycles. The van der Waals surface area contributed by atoms with Crippen molar-refractivity contribution in [2.24, 2.45) is 5.73 Å². The van der Waals surface area contributed by atoms with Gasteiger partial charge in [-0.3, -0.25) is 10.4 Å². The molecule has 3 heteroatoms. The zero-order chi connectivity index (χ0) is 13.5. The van der Waals surface area contributed by atoms with Crippen LogP contribution in [0.4, 0.5) is 0 Å². The lowest BCUT2D eigenvalue weighted by Crippen LogP contribution is -2.15. The number of fused-ring (bicyclic) bond motifs is 1. The van der Waals surface area contributed by atoms with Crippen LogP contribution < -0.4 is 5.73 Å². The molecule has 1 aromatic carbocycles. The molecule has 0 radical (unpaired) electrons. The molecule has 0 aliphatic carbocycles. The molecule has 0 amide bonds. The van der Waals surface area contributed by atoms with Crippen LogP contribution in [0.3, 0.4) is 0 Å². The van der Waals surface area contributed by atoms with Crippen LogP contribution in [0.1, 0.15) is 37.6 Å². The summed E-state index contributed by atoms with van der Waals surface area (Å²) in [6.45, 7) is 8.43. The van der Waals surface area contributed by atoms with E-state index in [1.54, 1.807) is 0 Å². The fourth-order valence-electron chi connectivity index (χ4n) is 2.20. The van der Waals surface area contributed by atoms with Gasteiger partial charge in [-0.05, 0) is 24.0 Å². The molecular weight excluding hydrogens is 222 g/mol. The van der Waals surface area contributed by atoms with Gasteiger partial charge in [0.25, 0.3) is 0 Å². The molecule has 0 saturated heterocycles. The van der Waals surface area contributed by atoms with E-state index < -0.39 is 0 Å². The highest BCUT2D eigenvalue weighted by Crippen LogP contribution is 2.30. The predicted octanol–water partition coefficient (Wildman–Crippen LogP) is 3.12. The Labute approximate surface area is 108 Å². The van der Waals surface area contributed by atoms with Crippen LogP contribution in [0.5, 0.6) is 0 Å². The SMILES string of the molecule is Cc1cc(C(=N)N)c2cccc(C(C)(C)C)c2n1. The Kier molecular flexibility index (Phi) is 2.85. The Morgan fingerprint density at radius 2 is 1.94 bits per heavy atom. The number of nitrogen functional groups attached to an aromatic ring is 1. The first kappa shape index (κ1) is 12.6. The van der Waals surface area contributed by atoms with Crippen molar-refractivity contribution in [1.29, 1.82) is 5.41 Å². The number of pyridine rings is 1. The quantitative estimate of drug-likeness (QED) is 0.595. The number of nitrogens with one attached hydrogen (secondary N) is 1. The van der Waals surface area contributed by atoms with E-state index in [9.17, 15) is 0 Å². The largest absolute Gasteiger partial charge is 0.384 e. The van der Waals surface area contributed by atoms with E-state index >= 15 is 0 Å². The van der Waals surface area contributed by atoms with Crippen LogP contribution in [-0.2, 0) is 5.41 Å². The van der Waals surface area contributed by atoms with Gasteiger partial charge < -0.3 is 5.73 Å². The van der Waals surface area contributed by atoms with E-state index in [0.29, 0.717) is 0 Å². The summed E-state index contributed by atoms with van der Waals surface area (Å²) in [6, 6.07) is 7.95. The van der Waals surface area contributed by atoms with Crippen LogP contribution in [-0.4, -0.2) is 10.8 Å². The lowest BCUT2D eigenvalue weighted by atomic mass is 9.85. The van der Waals surface area contributed by atoms with Gasteiger partial charge in [-0.2, -0.15) is 0 Å². The van der Waals surface area contributed by atoms with Gasteiger partial charge in [-0.15, -0.1) is 0 Å². The third-order valence-electron chi connectivity index (χ3n) is 3.07. The maximum absolute atomic E-state index is 7.69. The highest BCUT2D eigenvalue weighted by molar-refractivity contribution is 6.07. The summed E-state index contributed by atoms with van der Waals surface area (Å²) in [4.78, 5) is 4.63. The predicted molar refractivity (Wildman–Crippen MR) is 76.2 cm³/mol. The minimum absolute atomic E-state index is 0.0222. The molecule has 2 aromatic rings. The minimum atomic E-state index is 0.0222. The van der Waals surface area contributed by atoms with Crippen LogP contribution in [0.15, 0.2) is 24.3 Å². The average molecular weight is 241 g/mol. The summed E-state index contributed by atoms with van der Waals surface area (Å²) in [5.74, 6) is 0.0940. The topological polar surface area (TPSA) is 62.8 Å². The van der Waals surface area contributed by atoms with E-state index in [1.165, 1.54) is 5.56 Å². The second-order valence-electron chi connectivity index (χ2n) is 5.68. The third-order valence-corrected chi connectivity index (χ3v) is 3.07. The van der Waals surface area contributed by atoms with E-state index in [4.69, 9.17) is 11.1 Å². The molecule has 94 valence electrons. The van der Waals surface area contributed by atoms with Crippen molar-refractivity contribution in [2.75, 3.05) is 0 Å². The molecule has 0 spiro atoms. The molecule has 0 aliphatic rings. The fraction of sp³-hybridized carbons (Fsp3) is 0.333. The first-order valence-corrected chi connectivity index (χ1v) is 6.06. The van der Waals surface area contributed by atoms with E-state index in [-0.39, 0.29) is 11.3 Å². The summed E-state index contributed by atoms with van der Waals surface area (Å²) in [6.07, 6.45) is 0. The number of rotatable bonds is 1. The van der Waals surface area contributed by atoms with Crippen LogP contribution >= 0.6 is 0 Å². The number of benzene rings is 1. The van der Waals surface area contributed by atoms with Crippen molar-refractivity contribution in [2.45, 2.75) is 33.1 Å². The van der Waals surface area contributed by atoms with Gasteiger partial charge in [0.1, 0.15) is 5.84 Å². The highest BCUT2D eigenvalue weighted by Gasteiger charge is 2.19. The minimum Gasteiger partial charge on any atom is -0.384 e. The summed E-state index contributed by atoms with van der Waals surface area (Å²) < 4.78 is 0. The van der Waals surface area contributed by atoms with Gasteiger partial charge in [-0.1, -0.05) is 39.0 Å². The molecular formula is C15H19N3. The third kappa shape index (κ3) is 2.08. The zero-order valence-corrected chi connectivity index (χ0v) is 11.3. The number of aromatic nitrogens is 1. The fourth-order valence-corrected chi connectivity index (χ4v) is 2.20. The van der Waals surface area contributed by atoms with Crippen LogP contribution in [0.2, 0.25) is 0 Å². The Bertz CT molecular complexity index is 621. The number of amidine groups is 1. The zero-order valence-electron chi connectivity index (χ0n) is 11.3. The van der Waals surface area contributed by atoms with Gasteiger partial charge in [0.15, 0.2) is 0 Å². The summed E-state index contributed by atoms with van der Waals surface area (Å²) in [7, 11) is 0. The molecule has 2 rings (SSSR count). The number of aryl methyl sites for hydroxylation is 1. The Morgan fingerprint density at radius 3 is 2.50 bits per heavy atom. The van der Waals surface area contributed by atoms with E-state index in [1.807, 2.05) is 25.1 Å². The van der Waals surface area contributed by atoms with E-state index in [2.05, 4.69) is 31.8 Å². The maximum atomic E-state index is 7.69. The van der Waals surface area contributed by atoms with Crippen molar-refractivity contribution < 1.29 is 0 Å². The average Bonchev–Trinajstić information content (AvgIpc) is 2.25. The molecule has 3 N–H and O–H groups in total. The van der Waals surface area contributed by atoms with Gasteiger partial charge in [0, 0.05) is 16.6 Å². The van der Waals surface area contributed by atoms with Crippen molar-refractivity contribution in [1.82, 2.24) is 4.98 Å². The summed E-state index contributed by atoms with van der Waals surface area (Å²) in [5.41, 5.74) is 9.49. The van der Waals surface area contributed by atoms with E-state index in [0.717, 1.165) is 22.2 Å². The maximum Gasteiger partial charge on any atom is 0.123 e. The Hall–Kier alpha value is -1.90. The lowest BCUT2D eigenvalue weighted by Gasteiger charge is -2.21. The number of nitrogens with two attached hydrogens (primary N) is 1. The van der Waals surface area contributed by atoms with Crippen LogP contribution in [0, 0.1) is 12.3 Å². The Balaban J connectivity index is 2.90. The van der Waals surface area contributed by atoms with Crippen molar-refractivity contribution >= 4 is 16.7 Å². The van der Waals surface area contributed by atoms with Crippen LogP contribution in [0.25, 0.3) is 10.9 Å². The second-order valence-corrected chi connectivity index (χ2v) is 5.68. The Morgan fingerprint density at radius 1 is 1.28 bits per heavy atom. The van der Waals surface area contributed by atoms with Gasteiger partial charge in [0.2, 0.25) is 0 Å². The number of hydrogen-bond donors (Lipinski definition) is 2. The molecule has 0 bridgehead atoms. The smallest absolute Gasteiger partial charge is 0.123 e. The van der Waals surface area contributed by atoms with Gasteiger partial charge in [-0.25, -0.2) is 0 Å². The molecule has 1 heterocycles. The summed E-state index contributed by atoms with van der Waals surface area (Å²) >= 11 is 0. The monoisotopic (exact) mass is 241 g/mol. The van der Waals surface area contributed by atoms with Crippen molar-refractivity contribution in [3.8, 4) is 0 Å². The molecule has 18 heavy (non-hydrogen) atoms. The lowest BCUT2D eigenvalue weighted by molar-refractivity contribution is 0.594. The number of para-hydroxylation sites is 1. The van der Waals surface area contributed by atoms with Crippen molar-refractivity contribution in [3.63, 3.8) is 0 Å². The first-order valence-electron chi connectivity index (χ1n) is 6.06. The highest BCUT2D eigenvalue weighted by atomic mass is 14.7. The summed E-state index contributed by atoms with van der Waals surface area (Å²) in [5, 5.41) is 8.65. The number of hydrogen-bond acceptors (Lipinski definition) is 2. The number of nitrogens with zero attached hydrogens (tertiary/aromatic N) is 1. The first-order chi connectivity index (χ1) is 8.30. The molecule has 1 aromatic heterocycles. The second kappa shape index (κ2) is 4.09. The van der Waals surface area contributed by atoms with Gasteiger partial charge >= 0.3 is 0 Å². The normalized spacial score (nSPS) is 11.8.